The zero-order valence-electron chi connectivity index (χ0n) is 10.4. The Morgan fingerprint density at radius 3 is 2.85 bits per heavy atom. The van der Waals surface area contributed by atoms with Crippen LogP contribution in [0.15, 0.2) is 42.6 Å². The summed E-state index contributed by atoms with van der Waals surface area (Å²) in [6.07, 6.45) is 1.89. The summed E-state index contributed by atoms with van der Waals surface area (Å²) < 4.78 is 5.41. The van der Waals surface area contributed by atoms with Gasteiger partial charge in [0.15, 0.2) is 0 Å². The summed E-state index contributed by atoms with van der Waals surface area (Å²) in [5.74, 6) is -0.258. The molecule has 0 unspecified atom stereocenters. The van der Waals surface area contributed by atoms with Crippen molar-refractivity contribution < 1.29 is 14.5 Å². The summed E-state index contributed by atoms with van der Waals surface area (Å²) in [5.41, 5.74) is 1.30. The molecule has 1 amide bonds. The molecule has 0 aliphatic heterocycles. The number of benzene rings is 1. The average molecular weight is 273 g/mol. The van der Waals surface area contributed by atoms with Crippen molar-refractivity contribution in [3.8, 4) is 5.75 Å². The number of nitrogens with zero attached hydrogens (tertiary/aromatic N) is 2. The van der Waals surface area contributed by atoms with Gasteiger partial charge in [0, 0.05) is 11.3 Å². The number of rotatable bonds is 6. The molecule has 0 aliphatic rings. The van der Waals surface area contributed by atoms with E-state index in [0.29, 0.717) is 17.7 Å². The first kappa shape index (κ1) is 13.5. The molecule has 1 aromatic heterocycles. The van der Waals surface area contributed by atoms with Gasteiger partial charge in [-0.2, -0.15) is 0 Å². The van der Waals surface area contributed by atoms with E-state index in [4.69, 9.17) is 4.74 Å². The van der Waals surface area contributed by atoms with Gasteiger partial charge in [-0.15, -0.1) is 0 Å². The lowest BCUT2D eigenvalue weighted by Crippen LogP contribution is -2.04. The third kappa shape index (κ3) is 3.08. The zero-order valence-corrected chi connectivity index (χ0v) is 10.4. The Balaban J connectivity index is 2.17. The van der Waals surface area contributed by atoms with Gasteiger partial charge < -0.3 is 20.2 Å². The zero-order chi connectivity index (χ0) is 14.4. The molecule has 0 bridgehead atoms. The highest BCUT2D eigenvalue weighted by atomic mass is 16.6. The van der Waals surface area contributed by atoms with E-state index >= 15 is 0 Å². The van der Waals surface area contributed by atoms with E-state index in [9.17, 15) is 14.9 Å². The molecule has 1 heterocycles. The topological polar surface area (TPSA) is 94.4 Å². The van der Waals surface area contributed by atoms with E-state index in [-0.39, 0.29) is 18.2 Å². The molecule has 0 radical (unpaired) electrons. The van der Waals surface area contributed by atoms with E-state index in [1.807, 2.05) is 0 Å². The van der Waals surface area contributed by atoms with Crippen LogP contribution >= 0.6 is 0 Å². The second-order valence-corrected chi connectivity index (χ2v) is 3.79. The van der Waals surface area contributed by atoms with Crippen molar-refractivity contribution in [2.24, 2.45) is 0 Å². The smallest absolute Gasteiger partial charge is 0.406 e. The molecule has 0 saturated carbocycles. The van der Waals surface area contributed by atoms with Gasteiger partial charge in [0.25, 0.3) is 0 Å². The highest BCUT2D eigenvalue weighted by molar-refractivity contribution is 5.73. The Hall–Kier alpha value is -2.96. The maximum Gasteiger partial charge on any atom is 0.406 e. The number of nitro groups is 1. The molecule has 0 atom stereocenters. The average Bonchev–Trinajstić information content (AvgIpc) is 2.47. The van der Waals surface area contributed by atoms with Gasteiger partial charge in [0.05, 0.1) is 0 Å². The predicted molar refractivity (Wildman–Crippen MR) is 71.4 cm³/mol. The summed E-state index contributed by atoms with van der Waals surface area (Å²) in [6.45, 7) is 0.0869. The number of hydrogen-bond acceptors (Lipinski definition) is 5. The molecule has 0 spiro atoms. The molecular formula is C13H11N3O4. The number of amides is 1. The lowest BCUT2D eigenvalue weighted by atomic mass is 10.2. The van der Waals surface area contributed by atoms with Crippen LogP contribution < -0.4 is 10.1 Å². The van der Waals surface area contributed by atoms with Crippen molar-refractivity contribution in [1.29, 1.82) is 0 Å². The minimum absolute atomic E-state index is 0.0819. The molecule has 7 nitrogen and oxygen atoms in total. The Morgan fingerprint density at radius 2 is 2.10 bits per heavy atom. The van der Waals surface area contributed by atoms with E-state index in [1.54, 1.807) is 30.3 Å². The molecule has 1 N–H and O–H groups in total. The highest BCUT2D eigenvalue weighted by Crippen LogP contribution is 2.25. The Kier molecular flexibility index (Phi) is 4.23. The van der Waals surface area contributed by atoms with E-state index in [1.165, 1.54) is 12.3 Å². The number of carbonyl (C=O) groups excluding carboxylic acids is 1. The number of para-hydroxylation sites is 1. The maximum absolute atomic E-state index is 10.8. The van der Waals surface area contributed by atoms with Crippen LogP contribution in [0.3, 0.4) is 0 Å². The maximum atomic E-state index is 10.8. The largest absolute Gasteiger partial charge is 0.481 e. The molecule has 102 valence electrons. The third-order valence-electron chi connectivity index (χ3n) is 2.54. The summed E-state index contributed by atoms with van der Waals surface area (Å²) in [4.78, 5) is 24.3. The molecule has 7 heteroatoms. The SMILES string of the molecule is O=CNc1ccccc1COc1cccnc1[N+](=O)[O-]. The fourth-order valence-electron chi connectivity index (χ4n) is 1.64. The fraction of sp³-hybridized carbons (Fsp3) is 0.0769. The number of hydrogen-bond donors (Lipinski definition) is 1. The number of carbonyl (C=O) groups is 1. The quantitative estimate of drug-likeness (QED) is 0.494. The van der Waals surface area contributed by atoms with Crippen LogP contribution in [0.5, 0.6) is 5.75 Å². The van der Waals surface area contributed by atoms with Crippen molar-refractivity contribution in [2.75, 3.05) is 5.32 Å². The van der Waals surface area contributed by atoms with Gasteiger partial charge in [-0.25, -0.2) is 0 Å². The normalized spacial score (nSPS) is 9.80. The van der Waals surface area contributed by atoms with Crippen molar-refractivity contribution in [1.82, 2.24) is 4.98 Å². The van der Waals surface area contributed by atoms with Crippen LogP contribution in [-0.4, -0.2) is 16.3 Å². The fourth-order valence-corrected chi connectivity index (χ4v) is 1.64. The Morgan fingerprint density at radius 1 is 1.30 bits per heavy atom. The lowest BCUT2D eigenvalue weighted by molar-refractivity contribution is -0.390. The molecule has 0 aliphatic carbocycles. The van der Waals surface area contributed by atoms with Gasteiger partial charge in [0.1, 0.15) is 12.8 Å². The standard InChI is InChI=1S/C13H11N3O4/c17-9-15-11-5-2-1-4-10(11)8-20-12-6-3-7-14-13(12)16(18)19/h1-7,9H,8H2,(H,15,17). The van der Waals surface area contributed by atoms with E-state index < -0.39 is 4.92 Å². The Bertz CT molecular complexity index is 631. The third-order valence-corrected chi connectivity index (χ3v) is 2.54. The van der Waals surface area contributed by atoms with Crippen molar-refractivity contribution in [2.45, 2.75) is 6.61 Å². The molecule has 0 saturated heterocycles. The first-order valence-corrected chi connectivity index (χ1v) is 5.72. The van der Waals surface area contributed by atoms with Gasteiger partial charge >= 0.3 is 5.82 Å². The van der Waals surface area contributed by atoms with Crippen LogP contribution in [-0.2, 0) is 11.4 Å². The van der Waals surface area contributed by atoms with Crippen LogP contribution in [0.1, 0.15) is 5.56 Å². The molecule has 0 fully saturated rings. The number of aromatic nitrogens is 1. The lowest BCUT2D eigenvalue weighted by Gasteiger charge is -2.09. The summed E-state index contributed by atoms with van der Waals surface area (Å²) in [7, 11) is 0. The molecule has 2 aromatic rings. The second-order valence-electron chi connectivity index (χ2n) is 3.79. The number of pyridine rings is 1. The molecule has 20 heavy (non-hydrogen) atoms. The van der Waals surface area contributed by atoms with Crippen molar-refractivity contribution in [3.63, 3.8) is 0 Å². The van der Waals surface area contributed by atoms with Crippen LogP contribution in [0.2, 0.25) is 0 Å². The summed E-state index contributed by atoms with van der Waals surface area (Å²) >= 11 is 0. The van der Waals surface area contributed by atoms with Crippen LogP contribution in [0, 0.1) is 10.1 Å². The highest BCUT2D eigenvalue weighted by Gasteiger charge is 2.15. The first-order chi connectivity index (χ1) is 9.72. The van der Waals surface area contributed by atoms with Gasteiger partial charge in [-0.1, -0.05) is 18.2 Å². The van der Waals surface area contributed by atoms with Crippen LogP contribution in [0.4, 0.5) is 11.5 Å². The number of nitrogens with one attached hydrogen (secondary N) is 1. The number of anilines is 1. The van der Waals surface area contributed by atoms with Crippen LogP contribution in [0.25, 0.3) is 0 Å². The molecule has 1 aromatic carbocycles. The monoisotopic (exact) mass is 273 g/mol. The van der Waals surface area contributed by atoms with E-state index in [2.05, 4.69) is 10.3 Å². The summed E-state index contributed by atoms with van der Waals surface area (Å²) in [5, 5.41) is 13.3. The van der Waals surface area contributed by atoms with Gasteiger partial charge in [-0.3, -0.25) is 4.79 Å². The van der Waals surface area contributed by atoms with Crippen molar-refractivity contribution >= 4 is 17.9 Å². The second kappa shape index (κ2) is 6.28. The molecule has 2 rings (SSSR count). The van der Waals surface area contributed by atoms with Crippen molar-refractivity contribution in [3.05, 3.63) is 58.3 Å². The Labute approximate surface area is 114 Å². The predicted octanol–water partition coefficient (Wildman–Crippen LogP) is 2.14. The van der Waals surface area contributed by atoms with Gasteiger partial charge in [0.2, 0.25) is 12.2 Å². The molecular weight excluding hydrogens is 262 g/mol. The number of ether oxygens (including phenoxy) is 1. The van der Waals surface area contributed by atoms with Gasteiger partial charge in [-0.05, 0) is 28.1 Å². The minimum Gasteiger partial charge on any atom is -0.481 e. The van der Waals surface area contributed by atoms with E-state index in [0.717, 1.165) is 0 Å². The minimum atomic E-state index is -0.606. The first-order valence-electron chi connectivity index (χ1n) is 5.72. The summed E-state index contributed by atoms with van der Waals surface area (Å²) in [6, 6.07) is 10.0.